The zero-order valence-electron chi connectivity index (χ0n) is 9.70. The van der Waals surface area contributed by atoms with Crippen LogP contribution in [-0.4, -0.2) is 27.9 Å². The molecule has 4 heteroatoms. The van der Waals surface area contributed by atoms with E-state index >= 15 is 0 Å². The standard InChI is InChI=1S/C13H15NOS2/c1-9-11(10-5-3-2-4-6-10)14-15-12(9)13-16-7-8-17-13/h2-6,9,12-13H,7-8H2,1H3/t9-,12-/m0/s1. The highest BCUT2D eigenvalue weighted by atomic mass is 32.2. The van der Waals surface area contributed by atoms with E-state index in [9.17, 15) is 0 Å². The lowest BCUT2D eigenvalue weighted by atomic mass is 9.95. The average molecular weight is 265 g/mol. The van der Waals surface area contributed by atoms with Crippen molar-refractivity contribution in [1.29, 1.82) is 0 Å². The smallest absolute Gasteiger partial charge is 0.156 e. The van der Waals surface area contributed by atoms with E-state index in [0.717, 1.165) is 5.71 Å². The third-order valence-corrected chi connectivity index (χ3v) is 6.33. The number of rotatable bonds is 2. The number of benzene rings is 1. The van der Waals surface area contributed by atoms with E-state index in [1.165, 1.54) is 17.1 Å². The molecule has 1 aromatic carbocycles. The first-order valence-corrected chi connectivity index (χ1v) is 7.98. The molecule has 1 saturated heterocycles. The van der Waals surface area contributed by atoms with Gasteiger partial charge in [-0.05, 0) is 5.56 Å². The highest BCUT2D eigenvalue weighted by Crippen LogP contribution is 2.40. The second kappa shape index (κ2) is 4.94. The molecule has 0 unspecified atom stereocenters. The first-order valence-electron chi connectivity index (χ1n) is 5.88. The normalized spacial score (nSPS) is 29.1. The van der Waals surface area contributed by atoms with E-state index in [-0.39, 0.29) is 6.10 Å². The van der Waals surface area contributed by atoms with Gasteiger partial charge in [0.2, 0.25) is 0 Å². The summed E-state index contributed by atoms with van der Waals surface area (Å²) < 4.78 is 0.551. The summed E-state index contributed by atoms with van der Waals surface area (Å²) in [5, 5.41) is 4.30. The Morgan fingerprint density at radius 1 is 1.18 bits per heavy atom. The molecule has 0 spiro atoms. The number of hydrogen-bond acceptors (Lipinski definition) is 4. The van der Waals surface area contributed by atoms with Gasteiger partial charge in [-0.2, -0.15) is 0 Å². The lowest BCUT2D eigenvalue weighted by Gasteiger charge is -2.19. The number of nitrogens with zero attached hydrogens (tertiary/aromatic N) is 1. The second-order valence-electron chi connectivity index (χ2n) is 4.31. The third kappa shape index (κ3) is 2.20. The van der Waals surface area contributed by atoms with Gasteiger partial charge < -0.3 is 4.84 Å². The number of hydrogen-bond donors (Lipinski definition) is 0. The van der Waals surface area contributed by atoms with Crippen LogP contribution in [0.3, 0.4) is 0 Å². The van der Waals surface area contributed by atoms with E-state index in [1.54, 1.807) is 0 Å². The average Bonchev–Trinajstić information content (AvgIpc) is 2.99. The first-order chi connectivity index (χ1) is 8.36. The highest BCUT2D eigenvalue weighted by Gasteiger charge is 2.39. The van der Waals surface area contributed by atoms with E-state index < -0.39 is 0 Å². The summed E-state index contributed by atoms with van der Waals surface area (Å²) in [7, 11) is 0. The summed E-state index contributed by atoms with van der Waals surface area (Å²) in [5.41, 5.74) is 2.29. The predicted molar refractivity (Wildman–Crippen MR) is 75.7 cm³/mol. The van der Waals surface area contributed by atoms with Crippen LogP contribution in [0.5, 0.6) is 0 Å². The van der Waals surface area contributed by atoms with Crippen LogP contribution in [0.2, 0.25) is 0 Å². The van der Waals surface area contributed by atoms with Crippen molar-refractivity contribution in [3.63, 3.8) is 0 Å². The van der Waals surface area contributed by atoms with E-state index in [0.29, 0.717) is 10.5 Å². The van der Waals surface area contributed by atoms with Gasteiger partial charge in [-0.1, -0.05) is 42.4 Å². The maximum atomic E-state index is 5.66. The highest BCUT2D eigenvalue weighted by molar-refractivity contribution is 8.20. The predicted octanol–water partition coefficient (Wildman–Crippen LogP) is 3.23. The van der Waals surface area contributed by atoms with Gasteiger partial charge in [-0.3, -0.25) is 0 Å². The Hall–Kier alpha value is -0.610. The van der Waals surface area contributed by atoms with Gasteiger partial charge in [0.05, 0.1) is 10.3 Å². The fraction of sp³-hybridized carbons (Fsp3) is 0.462. The molecular weight excluding hydrogens is 250 g/mol. The van der Waals surface area contributed by atoms with E-state index in [2.05, 4.69) is 36.3 Å². The van der Waals surface area contributed by atoms with Crippen LogP contribution in [0.4, 0.5) is 0 Å². The van der Waals surface area contributed by atoms with E-state index in [4.69, 9.17) is 4.84 Å². The van der Waals surface area contributed by atoms with Crippen molar-refractivity contribution in [2.45, 2.75) is 17.6 Å². The van der Waals surface area contributed by atoms with Crippen LogP contribution < -0.4 is 0 Å². The van der Waals surface area contributed by atoms with Crippen LogP contribution in [0.1, 0.15) is 12.5 Å². The maximum absolute atomic E-state index is 5.66. The van der Waals surface area contributed by atoms with Crippen LogP contribution in [0.25, 0.3) is 0 Å². The Morgan fingerprint density at radius 3 is 2.59 bits per heavy atom. The molecule has 2 aliphatic rings. The fourth-order valence-corrected chi connectivity index (χ4v) is 5.37. The van der Waals surface area contributed by atoms with Crippen molar-refractivity contribution in [1.82, 2.24) is 0 Å². The van der Waals surface area contributed by atoms with Crippen molar-refractivity contribution in [2.24, 2.45) is 11.1 Å². The monoisotopic (exact) mass is 265 g/mol. The first kappa shape index (κ1) is 11.5. The molecule has 17 heavy (non-hydrogen) atoms. The molecule has 0 saturated carbocycles. The molecule has 3 rings (SSSR count). The summed E-state index contributed by atoms with van der Waals surface area (Å²) in [5.74, 6) is 2.87. The molecule has 2 atom stereocenters. The van der Waals surface area contributed by atoms with Crippen LogP contribution >= 0.6 is 23.5 Å². The van der Waals surface area contributed by atoms with Gasteiger partial charge >= 0.3 is 0 Å². The molecule has 0 radical (unpaired) electrons. The Labute approximate surface area is 110 Å². The fourth-order valence-electron chi connectivity index (χ4n) is 2.22. The van der Waals surface area contributed by atoms with Gasteiger partial charge in [0.1, 0.15) is 0 Å². The van der Waals surface area contributed by atoms with Gasteiger partial charge in [-0.25, -0.2) is 0 Å². The molecule has 0 aromatic heterocycles. The van der Waals surface area contributed by atoms with Crippen molar-refractivity contribution in [3.05, 3.63) is 35.9 Å². The van der Waals surface area contributed by atoms with Gasteiger partial charge in [0.15, 0.2) is 6.10 Å². The molecule has 0 N–H and O–H groups in total. The summed E-state index contributed by atoms with van der Waals surface area (Å²) in [6, 6.07) is 10.4. The molecule has 0 amide bonds. The lowest BCUT2D eigenvalue weighted by molar-refractivity contribution is 0.0783. The lowest BCUT2D eigenvalue weighted by Crippen LogP contribution is -2.28. The number of thioether (sulfide) groups is 2. The third-order valence-electron chi connectivity index (χ3n) is 3.18. The van der Waals surface area contributed by atoms with Gasteiger partial charge in [0.25, 0.3) is 0 Å². The number of oxime groups is 1. The molecule has 2 aliphatic heterocycles. The Bertz CT molecular complexity index is 415. The van der Waals surface area contributed by atoms with Crippen LogP contribution in [0.15, 0.2) is 35.5 Å². The Kier molecular flexibility index (Phi) is 3.34. The molecule has 1 aromatic rings. The summed E-state index contributed by atoms with van der Waals surface area (Å²) in [4.78, 5) is 5.66. The van der Waals surface area contributed by atoms with Gasteiger partial charge in [0, 0.05) is 17.4 Å². The minimum Gasteiger partial charge on any atom is -0.389 e. The van der Waals surface area contributed by atoms with E-state index in [1.807, 2.05) is 29.6 Å². The molecule has 90 valence electrons. The van der Waals surface area contributed by atoms with Crippen LogP contribution in [0, 0.1) is 5.92 Å². The topological polar surface area (TPSA) is 21.6 Å². The van der Waals surface area contributed by atoms with Crippen molar-refractivity contribution >= 4 is 29.2 Å². The minimum atomic E-state index is 0.239. The second-order valence-corrected chi connectivity index (χ2v) is 7.11. The van der Waals surface area contributed by atoms with Gasteiger partial charge in [-0.15, -0.1) is 23.5 Å². The Morgan fingerprint density at radius 2 is 1.88 bits per heavy atom. The maximum Gasteiger partial charge on any atom is 0.156 e. The molecule has 1 fully saturated rings. The molecule has 0 aliphatic carbocycles. The molecule has 0 bridgehead atoms. The van der Waals surface area contributed by atoms with Crippen molar-refractivity contribution in [3.8, 4) is 0 Å². The molecule has 2 nitrogen and oxygen atoms in total. The van der Waals surface area contributed by atoms with Crippen molar-refractivity contribution in [2.75, 3.05) is 11.5 Å². The van der Waals surface area contributed by atoms with Crippen molar-refractivity contribution < 1.29 is 4.84 Å². The summed E-state index contributed by atoms with van der Waals surface area (Å²) in [6.45, 7) is 2.23. The summed E-state index contributed by atoms with van der Waals surface area (Å²) >= 11 is 4.01. The zero-order valence-corrected chi connectivity index (χ0v) is 11.3. The summed E-state index contributed by atoms with van der Waals surface area (Å²) in [6.07, 6.45) is 0.239. The SMILES string of the molecule is C[C@H]1C(c2ccccc2)=NO[C@@H]1C1SCCS1. The zero-order chi connectivity index (χ0) is 11.7. The quantitative estimate of drug-likeness (QED) is 0.819. The largest absolute Gasteiger partial charge is 0.389 e. The van der Waals surface area contributed by atoms with Crippen LogP contribution in [-0.2, 0) is 4.84 Å². The minimum absolute atomic E-state index is 0.239. The molecule has 2 heterocycles. The Balaban J connectivity index is 1.77. The molecular formula is C13H15NOS2.